The second-order valence-corrected chi connectivity index (χ2v) is 5.72. The molecule has 3 rings (SSSR count). The summed E-state index contributed by atoms with van der Waals surface area (Å²) in [7, 11) is 5.48. The third kappa shape index (κ3) is 2.27. The molecule has 0 aromatic heterocycles. The van der Waals surface area contributed by atoms with Crippen LogP contribution in [0.25, 0.3) is 0 Å². The zero-order valence-corrected chi connectivity index (χ0v) is 12.6. The third-order valence-corrected chi connectivity index (χ3v) is 4.79. The number of methoxy groups -OCH3 is 2. The van der Waals surface area contributed by atoms with Crippen molar-refractivity contribution < 1.29 is 9.47 Å². The van der Waals surface area contributed by atoms with Gasteiger partial charge in [-0.25, -0.2) is 0 Å². The number of nitrogens with one attached hydrogen (secondary N) is 1. The quantitative estimate of drug-likeness (QED) is 0.915. The van der Waals surface area contributed by atoms with E-state index in [9.17, 15) is 0 Å². The second-order valence-electron chi connectivity index (χ2n) is 5.72. The van der Waals surface area contributed by atoms with E-state index < -0.39 is 0 Å². The molecule has 4 nitrogen and oxygen atoms in total. The van der Waals surface area contributed by atoms with Crippen molar-refractivity contribution in [1.82, 2.24) is 10.2 Å². The van der Waals surface area contributed by atoms with Gasteiger partial charge in [-0.15, -0.1) is 0 Å². The first kappa shape index (κ1) is 13.7. The molecule has 2 aliphatic heterocycles. The Morgan fingerprint density at radius 2 is 1.90 bits per heavy atom. The van der Waals surface area contributed by atoms with Gasteiger partial charge >= 0.3 is 0 Å². The van der Waals surface area contributed by atoms with Crippen molar-refractivity contribution in [2.24, 2.45) is 0 Å². The maximum Gasteiger partial charge on any atom is 0.161 e. The molecule has 20 heavy (non-hydrogen) atoms. The van der Waals surface area contributed by atoms with E-state index in [1.807, 2.05) is 0 Å². The monoisotopic (exact) mass is 276 g/mol. The van der Waals surface area contributed by atoms with E-state index in [1.54, 1.807) is 14.2 Å². The van der Waals surface area contributed by atoms with Crippen LogP contribution in [0.4, 0.5) is 0 Å². The van der Waals surface area contributed by atoms with Crippen molar-refractivity contribution in [1.29, 1.82) is 0 Å². The van der Waals surface area contributed by atoms with Gasteiger partial charge in [0.15, 0.2) is 11.5 Å². The van der Waals surface area contributed by atoms with Crippen LogP contribution < -0.4 is 14.8 Å². The highest BCUT2D eigenvalue weighted by Gasteiger charge is 2.33. The lowest BCUT2D eigenvalue weighted by Gasteiger charge is -2.43. The summed E-state index contributed by atoms with van der Waals surface area (Å²) in [6, 6.07) is 5.48. The number of fused-ring (bicyclic) bond motifs is 3. The van der Waals surface area contributed by atoms with Gasteiger partial charge in [-0.05, 0) is 49.6 Å². The first-order valence-corrected chi connectivity index (χ1v) is 7.43. The van der Waals surface area contributed by atoms with E-state index in [4.69, 9.17) is 9.47 Å². The van der Waals surface area contributed by atoms with Crippen molar-refractivity contribution in [2.75, 3.05) is 34.4 Å². The molecule has 110 valence electrons. The molecule has 2 heterocycles. The highest BCUT2D eigenvalue weighted by Crippen LogP contribution is 2.41. The molecule has 0 aliphatic carbocycles. The number of piperidine rings is 1. The van der Waals surface area contributed by atoms with Gasteiger partial charge in [-0.1, -0.05) is 0 Å². The first-order chi connectivity index (χ1) is 9.76. The largest absolute Gasteiger partial charge is 0.493 e. The Kier molecular flexibility index (Phi) is 3.85. The molecule has 1 fully saturated rings. The Hall–Kier alpha value is -1.26. The Morgan fingerprint density at radius 1 is 1.15 bits per heavy atom. The fourth-order valence-corrected chi connectivity index (χ4v) is 3.59. The maximum atomic E-state index is 5.48. The van der Waals surface area contributed by atoms with Crippen LogP contribution in [0.5, 0.6) is 11.5 Å². The summed E-state index contributed by atoms with van der Waals surface area (Å²) >= 11 is 0. The van der Waals surface area contributed by atoms with Gasteiger partial charge in [-0.3, -0.25) is 4.90 Å². The van der Waals surface area contributed by atoms with E-state index in [2.05, 4.69) is 29.4 Å². The molecule has 1 aromatic carbocycles. The van der Waals surface area contributed by atoms with Crippen molar-refractivity contribution in [2.45, 2.75) is 31.3 Å². The van der Waals surface area contributed by atoms with E-state index in [0.29, 0.717) is 12.1 Å². The fraction of sp³-hybridized carbons (Fsp3) is 0.625. The number of hydrogen-bond donors (Lipinski definition) is 1. The Morgan fingerprint density at radius 3 is 2.60 bits per heavy atom. The predicted molar refractivity (Wildman–Crippen MR) is 79.6 cm³/mol. The van der Waals surface area contributed by atoms with Gasteiger partial charge in [0.1, 0.15) is 0 Å². The number of benzene rings is 1. The van der Waals surface area contributed by atoms with Gasteiger partial charge in [0, 0.05) is 25.2 Å². The standard InChI is InChI=1S/C16H24N2O2/c1-17-12-5-7-18-6-4-11-8-15(19-2)16(20-3)10-13(11)14(18)9-12/h8,10,12,14,17H,4-7,9H2,1-3H3. The van der Waals surface area contributed by atoms with Crippen LogP contribution in [0, 0.1) is 0 Å². The lowest BCUT2D eigenvalue weighted by Crippen LogP contribution is -2.46. The molecule has 0 amide bonds. The minimum absolute atomic E-state index is 0.518. The van der Waals surface area contributed by atoms with Gasteiger partial charge in [0.25, 0.3) is 0 Å². The summed E-state index contributed by atoms with van der Waals surface area (Å²) in [4.78, 5) is 2.61. The fourth-order valence-electron chi connectivity index (χ4n) is 3.59. The van der Waals surface area contributed by atoms with Gasteiger partial charge in [0.2, 0.25) is 0 Å². The minimum atomic E-state index is 0.518. The molecule has 0 saturated carbocycles. The first-order valence-electron chi connectivity index (χ1n) is 7.43. The highest BCUT2D eigenvalue weighted by molar-refractivity contribution is 5.49. The number of ether oxygens (including phenoxy) is 2. The Bertz CT molecular complexity index is 490. The summed E-state index contributed by atoms with van der Waals surface area (Å²) in [5.41, 5.74) is 2.84. The maximum absolute atomic E-state index is 5.48. The smallest absolute Gasteiger partial charge is 0.161 e. The molecule has 4 heteroatoms. The summed E-state index contributed by atoms with van der Waals surface area (Å²) in [6.07, 6.45) is 3.53. The number of hydrogen-bond acceptors (Lipinski definition) is 4. The van der Waals surface area contributed by atoms with E-state index in [-0.39, 0.29) is 0 Å². The molecule has 0 radical (unpaired) electrons. The van der Waals surface area contributed by atoms with Crippen LogP contribution in [0.3, 0.4) is 0 Å². The molecule has 1 saturated heterocycles. The predicted octanol–water partition coefficient (Wildman–Crippen LogP) is 1.98. The molecule has 2 atom stereocenters. The average molecular weight is 276 g/mol. The highest BCUT2D eigenvalue weighted by atomic mass is 16.5. The van der Waals surface area contributed by atoms with Crippen LogP contribution in [0.2, 0.25) is 0 Å². The van der Waals surface area contributed by atoms with E-state index in [1.165, 1.54) is 30.5 Å². The molecule has 2 aliphatic rings. The SMILES string of the molecule is CNC1CCN2CCc3cc(OC)c(OC)cc3C2C1. The average Bonchev–Trinajstić information content (AvgIpc) is 2.52. The van der Waals surface area contributed by atoms with Crippen molar-refractivity contribution in [3.8, 4) is 11.5 Å². The number of rotatable bonds is 3. The normalized spacial score (nSPS) is 25.8. The zero-order chi connectivity index (χ0) is 14.1. The van der Waals surface area contributed by atoms with E-state index >= 15 is 0 Å². The Labute approximate surface area is 121 Å². The minimum Gasteiger partial charge on any atom is -0.493 e. The molecule has 0 bridgehead atoms. The van der Waals surface area contributed by atoms with Crippen LogP contribution in [-0.4, -0.2) is 45.3 Å². The lowest BCUT2D eigenvalue weighted by atomic mass is 9.84. The molecule has 1 aromatic rings. The molecular formula is C16H24N2O2. The third-order valence-electron chi connectivity index (χ3n) is 4.79. The van der Waals surface area contributed by atoms with Crippen molar-refractivity contribution in [3.05, 3.63) is 23.3 Å². The van der Waals surface area contributed by atoms with Crippen LogP contribution in [0.1, 0.15) is 30.0 Å². The molecular weight excluding hydrogens is 252 g/mol. The number of nitrogens with zero attached hydrogens (tertiary/aromatic N) is 1. The van der Waals surface area contributed by atoms with E-state index in [0.717, 1.165) is 24.5 Å². The van der Waals surface area contributed by atoms with Gasteiger partial charge < -0.3 is 14.8 Å². The molecule has 1 N–H and O–H groups in total. The van der Waals surface area contributed by atoms with Crippen LogP contribution in [0.15, 0.2) is 12.1 Å². The topological polar surface area (TPSA) is 33.7 Å². The zero-order valence-electron chi connectivity index (χ0n) is 12.6. The van der Waals surface area contributed by atoms with Crippen LogP contribution in [-0.2, 0) is 6.42 Å². The summed E-state index contributed by atoms with van der Waals surface area (Å²) in [6.45, 7) is 2.34. The van der Waals surface area contributed by atoms with Gasteiger partial charge in [0.05, 0.1) is 14.2 Å². The summed E-state index contributed by atoms with van der Waals surface area (Å²) < 4.78 is 10.9. The van der Waals surface area contributed by atoms with Crippen molar-refractivity contribution in [3.63, 3.8) is 0 Å². The lowest BCUT2D eigenvalue weighted by molar-refractivity contribution is 0.118. The second kappa shape index (κ2) is 5.62. The summed E-state index contributed by atoms with van der Waals surface area (Å²) in [5.74, 6) is 1.69. The van der Waals surface area contributed by atoms with Gasteiger partial charge in [-0.2, -0.15) is 0 Å². The molecule has 2 unspecified atom stereocenters. The summed E-state index contributed by atoms with van der Waals surface area (Å²) in [5, 5.41) is 3.44. The Balaban J connectivity index is 1.97. The van der Waals surface area contributed by atoms with Crippen LogP contribution >= 0.6 is 0 Å². The van der Waals surface area contributed by atoms with Crippen molar-refractivity contribution >= 4 is 0 Å². The molecule has 0 spiro atoms.